The van der Waals surface area contributed by atoms with E-state index in [1.165, 1.54) is 0 Å². The lowest BCUT2D eigenvalue weighted by Crippen LogP contribution is -2.29. The minimum atomic E-state index is 0.699. The summed E-state index contributed by atoms with van der Waals surface area (Å²) in [4.78, 5) is 11.1. The van der Waals surface area contributed by atoms with Gasteiger partial charge in [-0.15, -0.1) is 0 Å². The first kappa shape index (κ1) is 20.7. The third-order valence-electron chi connectivity index (χ3n) is 5.03. The van der Waals surface area contributed by atoms with Crippen molar-refractivity contribution in [2.75, 3.05) is 43.9 Å². The van der Waals surface area contributed by atoms with Gasteiger partial charge in [0.1, 0.15) is 0 Å². The molecule has 4 aromatic rings. The average molecular weight is 440 g/mol. The predicted molar refractivity (Wildman–Crippen MR) is 128 cm³/mol. The molecule has 0 fully saturated rings. The number of nitrogens with one attached hydrogen (secondary N) is 2. The molecule has 0 aliphatic heterocycles. The molecule has 30 heavy (non-hydrogen) atoms. The van der Waals surface area contributed by atoms with Gasteiger partial charge in [-0.2, -0.15) is 0 Å². The molecule has 0 saturated heterocycles. The Labute approximate surface area is 186 Å². The molecule has 0 spiro atoms. The molecule has 0 unspecified atom stereocenters. The number of halogens is 2. The van der Waals surface area contributed by atoms with E-state index in [2.05, 4.69) is 32.5 Å². The molecule has 0 bridgehead atoms. The van der Waals surface area contributed by atoms with E-state index in [0.717, 1.165) is 59.4 Å². The summed E-state index contributed by atoms with van der Waals surface area (Å²) in [7, 11) is 2.12. The monoisotopic (exact) mass is 439 g/mol. The zero-order chi connectivity index (χ0) is 20.9. The molecule has 0 atom stereocenters. The van der Waals surface area contributed by atoms with Gasteiger partial charge < -0.3 is 15.5 Å². The van der Waals surface area contributed by atoms with Crippen LogP contribution in [0.1, 0.15) is 0 Å². The van der Waals surface area contributed by atoms with Crippen LogP contribution in [0, 0.1) is 0 Å². The van der Waals surface area contributed by atoms with E-state index in [1.54, 1.807) is 12.4 Å². The average Bonchev–Trinajstić information content (AvgIpc) is 2.73. The van der Waals surface area contributed by atoms with Crippen molar-refractivity contribution in [1.29, 1.82) is 0 Å². The summed E-state index contributed by atoms with van der Waals surface area (Å²) in [6, 6.07) is 15.6. The number of hydrogen-bond donors (Lipinski definition) is 2. The van der Waals surface area contributed by atoms with Gasteiger partial charge in [0.2, 0.25) is 0 Å². The van der Waals surface area contributed by atoms with E-state index >= 15 is 0 Å². The Bertz CT molecular complexity index is 1070. The van der Waals surface area contributed by atoms with Gasteiger partial charge in [0.05, 0.1) is 11.0 Å². The lowest BCUT2D eigenvalue weighted by molar-refractivity contribution is 0.361. The van der Waals surface area contributed by atoms with Crippen molar-refractivity contribution in [2.24, 2.45) is 0 Å². The maximum Gasteiger partial charge on any atom is 0.0737 e. The SMILES string of the molecule is CN(CCNc1ccnc2cc(Cl)ccc12)CCNc1ccnc2cc(Cl)ccc12. The number of fused-ring (bicyclic) bond motifs is 2. The van der Waals surface area contributed by atoms with Gasteiger partial charge in [0.15, 0.2) is 0 Å². The summed E-state index contributed by atoms with van der Waals surface area (Å²) in [6.45, 7) is 3.53. The van der Waals surface area contributed by atoms with Crippen LogP contribution in [0.25, 0.3) is 21.8 Å². The molecule has 5 nitrogen and oxygen atoms in total. The van der Waals surface area contributed by atoms with E-state index in [4.69, 9.17) is 23.2 Å². The second kappa shape index (κ2) is 9.47. The van der Waals surface area contributed by atoms with Crippen molar-refractivity contribution in [3.05, 3.63) is 71.0 Å². The Hall–Kier alpha value is -2.60. The number of anilines is 2. The zero-order valence-electron chi connectivity index (χ0n) is 16.7. The summed E-state index contributed by atoms with van der Waals surface area (Å²) in [5, 5.41) is 10.6. The van der Waals surface area contributed by atoms with Crippen LogP contribution in [0.4, 0.5) is 11.4 Å². The Morgan fingerprint density at radius 3 is 1.67 bits per heavy atom. The lowest BCUT2D eigenvalue weighted by Gasteiger charge is -2.19. The molecule has 2 aromatic heterocycles. The van der Waals surface area contributed by atoms with Crippen molar-refractivity contribution in [2.45, 2.75) is 0 Å². The van der Waals surface area contributed by atoms with Gasteiger partial charge in [-0.05, 0) is 55.6 Å². The molecule has 4 rings (SSSR count). The quantitative estimate of drug-likeness (QED) is 0.377. The van der Waals surface area contributed by atoms with Crippen molar-refractivity contribution in [3.63, 3.8) is 0 Å². The summed E-state index contributed by atoms with van der Waals surface area (Å²) in [5.41, 5.74) is 3.95. The third-order valence-corrected chi connectivity index (χ3v) is 5.50. The Kier molecular flexibility index (Phi) is 6.53. The van der Waals surface area contributed by atoms with Crippen molar-refractivity contribution < 1.29 is 0 Å². The topological polar surface area (TPSA) is 53.1 Å². The van der Waals surface area contributed by atoms with Crippen molar-refractivity contribution in [1.82, 2.24) is 14.9 Å². The molecular formula is C23H23Cl2N5. The van der Waals surface area contributed by atoms with E-state index in [1.807, 2.05) is 48.5 Å². The van der Waals surface area contributed by atoms with Gasteiger partial charge in [-0.25, -0.2) is 0 Å². The number of benzene rings is 2. The molecule has 2 heterocycles. The largest absolute Gasteiger partial charge is 0.383 e. The van der Waals surface area contributed by atoms with E-state index in [9.17, 15) is 0 Å². The van der Waals surface area contributed by atoms with Gasteiger partial charge in [-0.1, -0.05) is 23.2 Å². The molecule has 0 saturated carbocycles. The van der Waals surface area contributed by atoms with Gasteiger partial charge >= 0.3 is 0 Å². The first-order chi connectivity index (χ1) is 14.6. The molecule has 2 N–H and O–H groups in total. The lowest BCUT2D eigenvalue weighted by atomic mass is 10.2. The summed E-state index contributed by atoms with van der Waals surface area (Å²) >= 11 is 12.1. The van der Waals surface area contributed by atoms with E-state index in [-0.39, 0.29) is 0 Å². The van der Waals surface area contributed by atoms with Crippen LogP contribution in [0.5, 0.6) is 0 Å². The normalized spacial score (nSPS) is 11.3. The highest BCUT2D eigenvalue weighted by Gasteiger charge is 2.05. The van der Waals surface area contributed by atoms with Crippen molar-refractivity contribution in [3.8, 4) is 0 Å². The smallest absolute Gasteiger partial charge is 0.0737 e. The zero-order valence-corrected chi connectivity index (χ0v) is 18.2. The van der Waals surface area contributed by atoms with Crippen LogP contribution < -0.4 is 10.6 Å². The van der Waals surface area contributed by atoms with Gasteiger partial charge in [0, 0.05) is 70.8 Å². The standard InChI is InChI=1S/C23H23Cl2N5/c1-30(12-10-28-20-6-8-26-22-14-16(24)2-4-18(20)22)13-11-29-21-7-9-27-23-15-17(25)3-5-19(21)23/h2-9,14-15H,10-13H2,1H3,(H,26,28)(H,27,29). The fourth-order valence-corrected chi connectivity index (χ4v) is 3.76. The number of rotatable bonds is 8. The maximum atomic E-state index is 6.07. The number of likely N-dealkylation sites (N-methyl/N-ethyl adjacent to an activating group) is 1. The highest BCUT2D eigenvalue weighted by Crippen LogP contribution is 2.25. The molecule has 2 aromatic carbocycles. The number of hydrogen-bond acceptors (Lipinski definition) is 5. The highest BCUT2D eigenvalue weighted by atomic mass is 35.5. The Morgan fingerprint density at radius 1 is 0.733 bits per heavy atom. The maximum absolute atomic E-state index is 6.07. The van der Waals surface area contributed by atoms with E-state index < -0.39 is 0 Å². The molecule has 154 valence electrons. The number of pyridine rings is 2. The fourth-order valence-electron chi connectivity index (χ4n) is 3.43. The van der Waals surface area contributed by atoms with Crippen LogP contribution >= 0.6 is 23.2 Å². The van der Waals surface area contributed by atoms with Gasteiger partial charge in [0.25, 0.3) is 0 Å². The summed E-state index contributed by atoms with van der Waals surface area (Å²) in [5.74, 6) is 0. The van der Waals surface area contributed by atoms with Crippen molar-refractivity contribution >= 4 is 56.4 Å². The third kappa shape index (κ3) is 4.93. The highest BCUT2D eigenvalue weighted by molar-refractivity contribution is 6.31. The Balaban J connectivity index is 1.28. The molecule has 7 heteroatoms. The van der Waals surface area contributed by atoms with Crippen LogP contribution in [0.15, 0.2) is 60.9 Å². The van der Waals surface area contributed by atoms with Crippen LogP contribution in [0.2, 0.25) is 10.0 Å². The molecule has 0 radical (unpaired) electrons. The Morgan fingerprint density at radius 2 is 1.20 bits per heavy atom. The number of aromatic nitrogens is 2. The minimum absolute atomic E-state index is 0.699. The number of nitrogens with zero attached hydrogens (tertiary/aromatic N) is 3. The molecule has 0 amide bonds. The summed E-state index contributed by atoms with van der Waals surface area (Å²) in [6.07, 6.45) is 3.61. The summed E-state index contributed by atoms with van der Waals surface area (Å²) < 4.78 is 0. The first-order valence-corrected chi connectivity index (χ1v) is 10.6. The van der Waals surface area contributed by atoms with Crippen LogP contribution in [-0.2, 0) is 0 Å². The van der Waals surface area contributed by atoms with Gasteiger partial charge in [-0.3, -0.25) is 9.97 Å². The first-order valence-electron chi connectivity index (χ1n) is 9.85. The molecule has 0 aliphatic carbocycles. The molecular weight excluding hydrogens is 417 g/mol. The molecule has 0 aliphatic rings. The van der Waals surface area contributed by atoms with Crippen LogP contribution in [-0.4, -0.2) is 48.1 Å². The second-order valence-electron chi connectivity index (χ2n) is 7.20. The van der Waals surface area contributed by atoms with Crippen LogP contribution in [0.3, 0.4) is 0 Å². The fraction of sp³-hybridized carbons (Fsp3) is 0.217. The predicted octanol–water partition coefficient (Wildman–Crippen LogP) is 5.55. The van der Waals surface area contributed by atoms with E-state index in [0.29, 0.717) is 10.0 Å². The second-order valence-corrected chi connectivity index (χ2v) is 8.07. The minimum Gasteiger partial charge on any atom is -0.383 e.